The lowest BCUT2D eigenvalue weighted by Gasteiger charge is -2.04. The van der Waals surface area contributed by atoms with Gasteiger partial charge in [0.25, 0.3) is 0 Å². The van der Waals surface area contributed by atoms with Crippen molar-refractivity contribution in [2.75, 3.05) is 26.3 Å². The first-order chi connectivity index (χ1) is 8.24. The molecule has 98 valence electrons. The molecule has 0 saturated heterocycles. The van der Waals surface area contributed by atoms with Crippen molar-refractivity contribution in [1.29, 1.82) is 0 Å². The van der Waals surface area contributed by atoms with Gasteiger partial charge in [-0.25, -0.2) is 4.79 Å². The second-order valence-electron chi connectivity index (χ2n) is 4.46. The van der Waals surface area contributed by atoms with Crippen LogP contribution in [0.15, 0.2) is 11.6 Å². The monoisotopic (exact) mass is 241 g/mol. The van der Waals surface area contributed by atoms with Crippen LogP contribution in [-0.4, -0.2) is 37.4 Å². The standard InChI is InChI=1S/C13H23NO3/c1-2-12(13(15)16)6-8-14-7-3-9-17-10-11-4-5-11/h6,11,14H,2-5,7-10H2,1H3,(H,15,16). The van der Waals surface area contributed by atoms with Crippen LogP contribution < -0.4 is 5.32 Å². The first kappa shape index (κ1) is 14.2. The van der Waals surface area contributed by atoms with Crippen molar-refractivity contribution in [3.8, 4) is 0 Å². The van der Waals surface area contributed by atoms with Crippen molar-refractivity contribution in [3.63, 3.8) is 0 Å². The minimum atomic E-state index is -0.818. The largest absolute Gasteiger partial charge is 0.478 e. The van der Waals surface area contributed by atoms with Gasteiger partial charge in [-0.1, -0.05) is 13.0 Å². The summed E-state index contributed by atoms with van der Waals surface area (Å²) in [5, 5.41) is 12.0. The average molecular weight is 241 g/mol. The quantitative estimate of drug-likeness (QED) is 0.452. The highest BCUT2D eigenvalue weighted by Gasteiger charge is 2.20. The molecule has 1 aliphatic carbocycles. The molecule has 0 aliphatic heterocycles. The molecule has 0 radical (unpaired) electrons. The number of hydrogen-bond donors (Lipinski definition) is 2. The fourth-order valence-electron chi connectivity index (χ4n) is 1.51. The van der Waals surface area contributed by atoms with Gasteiger partial charge in [-0.3, -0.25) is 0 Å². The van der Waals surface area contributed by atoms with E-state index in [1.165, 1.54) is 12.8 Å². The molecule has 0 aromatic heterocycles. The van der Waals surface area contributed by atoms with Gasteiger partial charge in [0.15, 0.2) is 0 Å². The lowest BCUT2D eigenvalue weighted by atomic mass is 10.2. The van der Waals surface area contributed by atoms with Crippen molar-refractivity contribution in [2.45, 2.75) is 32.6 Å². The maximum absolute atomic E-state index is 10.7. The third kappa shape index (κ3) is 7.13. The second kappa shape index (κ2) is 8.25. The Kier molecular flexibility index (Phi) is 6.89. The summed E-state index contributed by atoms with van der Waals surface area (Å²) >= 11 is 0. The maximum Gasteiger partial charge on any atom is 0.331 e. The first-order valence-corrected chi connectivity index (χ1v) is 6.44. The van der Waals surface area contributed by atoms with E-state index in [-0.39, 0.29) is 0 Å². The predicted molar refractivity (Wildman–Crippen MR) is 67.0 cm³/mol. The fourth-order valence-corrected chi connectivity index (χ4v) is 1.51. The fraction of sp³-hybridized carbons (Fsp3) is 0.769. The van der Waals surface area contributed by atoms with E-state index in [9.17, 15) is 4.79 Å². The minimum absolute atomic E-state index is 0.475. The highest BCUT2D eigenvalue weighted by molar-refractivity contribution is 5.86. The lowest BCUT2D eigenvalue weighted by molar-refractivity contribution is -0.132. The van der Waals surface area contributed by atoms with Crippen LogP contribution in [0.1, 0.15) is 32.6 Å². The predicted octanol–water partition coefficient (Wildman–Crippen LogP) is 1.81. The Labute approximate surface area is 103 Å². The van der Waals surface area contributed by atoms with Crippen molar-refractivity contribution in [2.24, 2.45) is 5.92 Å². The van der Waals surface area contributed by atoms with Crippen LogP contribution in [0.3, 0.4) is 0 Å². The first-order valence-electron chi connectivity index (χ1n) is 6.44. The van der Waals surface area contributed by atoms with Crippen LogP contribution in [0.2, 0.25) is 0 Å². The van der Waals surface area contributed by atoms with Gasteiger partial charge in [0.1, 0.15) is 0 Å². The molecule has 0 atom stereocenters. The molecule has 0 spiro atoms. The third-order valence-electron chi connectivity index (χ3n) is 2.84. The molecule has 1 saturated carbocycles. The summed E-state index contributed by atoms with van der Waals surface area (Å²) in [6, 6.07) is 0. The summed E-state index contributed by atoms with van der Waals surface area (Å²) in [5.74, 6) is 0.00985. The van der Waals surface area contributed by atoms with Gasteiger partial charge in [-0.05, 0) is 38.1 Å². The number of aliphatic carboxylic acids is 1. The Morgan fingerprint density at radius 2 is 2.29 bits per heavy atom. The van der Waals surface area contributed by atoms with Crippen molar-refractivity contribution in [3.05, 3.63) is 11.6 Å². The summed E-state index contributed by atoms with van der Waals surface area (Å²) in [5.41, 5.74) is 0.475. The van der Waals surface area contributed by atoms with Gasteiger partial charge in [0.2, 0.25) is 0 Å². The third-order valence-corrected chi connectivity index (χ3v) is 2.84. The molecule has 0 bridgehead atoms. The lowest BCUT2D eigenvalue weighted by Crippen LogP contribution is -2.18. The van der Waals surface area contributed by atoms with Crippen LogP contribution in [0.5, 0.6) is 0 Å². The molecular formula is C13H23NO3. The van der Waals surface area contributed by atoms with E-state index in [1.54, 1.807) is 6.08 Å². The molecule has 0 heterocycles. The summed E-state index contributed by atoms with van der Waals surface area (Å²) in [6.45, 7) is 5.06. The molecule has 0 unspecified atom stereocenters. The Balaban J connectivity index is 1.90. The van der Waals surface area contributed by atoms with E-state index >= 15 is 0 Å². The second-order valence-corrected chi connectivity index (χ2v) is 4.46. The van der Waals surface area contributed by atoms with Crippen molar-refractivity contribution < 1.29 is 14.6 Å². The summed E-state index contributed by atoms with van der Waals surface area (Å²) in [7, 11) is 0. The molecule has 4 heteroatoms. The molecule has 0 aromatic carbocycles. The number of carboxylic acids is 1. The summed E-state index contributed by atoms with van der Waals surface area (Å²) in [4.78, 5) is 10.7. The average Bonchev–Trinajstić information content (AvgIpc) is 3.10. The van der Waals surface area contributed by atoms with Crippen LogP contribution >= 0.6 is 0 Å². The van der Waals surface area contributed by atoms with Crippen molar-refractivity contribution in [1.82, 2.24) is 5.32 Å². The normalized spacial score (nSPS) is 16.2. The van der Waals surface area contributed by atoms with E-state index in [4.69, 9.17) is 9.84 Å². The number of rotatable bonds is 10. The zero-order valence-electron chi connectivity index (χ0n) is 10.6. The number of ether oxygens (including phenoxy) is 1. The summed E-state index contributed by atoms with van der Waals surface area (Å²) in [6.07, 6.45) is 5.96. The zero-order valence-corrected chi connectivity index (χ0v) is 10.6. The zero-order chi connectivity index (χ0) is 12.5. The number of carboxylic acid groups (broad SMARTS) is 1. The molecule has 4 nitrogen and oxygen atoms in total. The maximum atomic E-state index is 10.7. The van der Waals surface area contributed by atoms with Gasteiger partial charge in [0.05, 0.1) is 0 Å². The van der Waals surface area contributed by atoms with E-state index in [0.717, 1.165) is 32.1 Å². The molecular weight excluding hydrogens is 218 g/mol. The molecule has 1 aliphatic rings. The number of carbonyl (C=O) groups is 1. The van der Waals surface area contributed by atoms with E-state index < -0.39 is 5.97 Å². The van der Waals surface area contributed by atoms with Crippen LogP contribution in [-0.2, 0) is 9.53 Å². The molecule has 0 amide bonds. The van der Waals surface area contributed by atoms with Crippen LogP contribution in [0.25, 0.3) is 0 Å². The Morgan fingerprint density at radius 3 is 2.88 bits per heavy atom. The highest BCUT2D eigenvalue weighted by atomic mass is 16.5. The van der Waals surface area contributed by atoms with Gasteiger partial charge >= 0.3 is 5.97 Å². The van der Waals surface area contributed by atoms with Crippen LogP contribution in [0.4, 0.5) is 0 Å². The Hall–Kier alpha value is -0.870. The van der Waals surface area contributed by atoms with Gasteiger partial charge < -0.3 is 15.2 Å². The van der Waals surface area contributed by atoms with E-state index in [0.29, 0.717) is 18.5 Å². The molecule has 1 rings (SSSR count). The Morgan fingerprint density at radius 1 is 1.53 bits per heavy atom. The number of hydrogen-bond acceptors (Lipinski definition) is 3. The molecule has 0 aromatic rings. The minimum Gasteiger partial charge on any atom is -0.478 e. The Bertz CT molecular complexity index is 259. The van der Waals surface area contributed by atoms with Gasteiger partial charge in [0, 0.05) is 25.3 Å². The van der Waals surface area contributed by atoms with E-state index in [1.807, 2.05) is 6.92 Å². The number of nitrogens with one attached hydrogen (secondary N) is 1. The molecule has 2 N–H and O–H groups in total. The molecule has 1 fully saturated rings. The highest BCUT2D eigenvalue weighted by Crippen LogP contribution is 2.28. The summed E-state index contributed by atoms with van der Waals surface area (Å²) < 4.78 is 5.50. The van der Waals surface area contributed by atoms with Gasteiger partial charge in [-0.15, -0.1) is 0 Å². The van der Waals surface area contributed by atoms with Crippen molar-refractivity contribution >= 4 is 5.97 Å². The van der Waals surface area contributed by atoms with E-state index in [2.05, 4.69) is 5.32 Å². The smallest absolute Gasteiger partial charge is 0.331 e. The SMILES string of the molecule is CCC(=CCNCCCOCC1CC1)C(=O)O. The molecule has 17 heavy (non-hydrogen) atoms. The van der Waals surface area contributed by atoms with Crippen LogP contribution in [0, 0.1) is 5.92 Å². The topological polar surface area (TPSA) is 58.6 Å². The van der Waals surface area contributed by atoms with Gasteiger partial charge in [-0.2, -0.15) is 0 Å².